The SMILES string of the molecule is COC12CCC3(C[C@@H]1COCc1ccccc1)[C@H]1Cc4ccc(C(N)=O)c5c4C3(CCN1CC1CC1)[C@H]2O5. The summed E-state index contributed by atoms with van der Waals surface area (Å²) in [5.41, 5.74) is 9.82. The number of carbonyl (C=O) groups is 1. The summed E-state index contributed by atoms with van der Waals surface area (Å²) in [5, 5.41) is 0. The number of hydrogen-bond acceptors (Lipinski definition) is 5. The average Bonchev–Trinajstić information content (AvgIpc) is 3.67. The quantitative estimate of drug-likeness (QED) is 0.571. The first-order valence-corrected chi connectivity index (χ1v) is 14.6. The van der Waals surface area contributed by atoms with Gasteiger partial charge < -0.3 is 19.9 Å². The zero-order valence-corrected chi connectivity index (χ0v) is 22.3. The topological polar surface area (TPSA) is 74.0 Å². The Morgan fingerprint density at radius 1 is 1.13 bits per heavy atom. The number of ether oxygens (including phenoxy) is 3. The fraction of sp³-hybridized carbons (Fsp3) is 0.594. The highest BCUT2D eigenvalue weighted by molar-refractivity contribution is 5.97. The summed E-state index contributed by atoms with van der Waals surface area (Å²) in [4.78, 5) is 15.4. The Balaban J connectivity index is 1.24. The molecule has 9 rings (SSSR count). The fourth-order valence-corrected chi connectivity index (χ4v) is 9.85. The molecule has 5 fully saturated rings. The Morgan fingerprint density at radius 2 is 1.97 bits per heavy atom. The van der Waals surface area contributed by atoms with E-state index in [4.69, 9.17) is 19.9 Å². The number of primary amides is 1. The molecule has 2 spiro atoms. The van der Waals surface area contributed by atoms with Crippen molar-refractivity contribution in [2.24, 2.45) is 23.0 Å². The summed E-state index contributed by atoms with van der Waals surface area (Å²) in [5.74, 6) is 1.45. The molecule has 2 aromatic rings. The van der Waals surface area contributed by atoms with Crippen molar-refractivity contribution in [2.45, 2.75) is 74.7 Å². The number of nitrogens with two attached hydrogens (primary N) is 1. The van der Waals surface area contributed by atoms with E-state index in [1.54, 1.807) is 0 Å². The van der Waals surface area contributed by atoms with E-state index >= 15 is 0 Å². The van der Waals surface area contributed by atoms with Crippen LogP contribution in [0.1, 0.15) is 65.6 Å². The second-order valence-corrected chi connectivity index (χ2v) is 12.9. The van der Waals surface area contributed by atoms with Crippen LogP contribution in [-0.2, 0) is 27.9 Å². The zero-order chi connectivity index (χ0) is 25.7. The predicted molar refractivity (Wildman–Crippen MR) is 143 cm³/mol. The van der Waals surface area contributed by atoms with E-state index in [1.165, 1.54) is 36.1 Å². The minimum atomic E-state index is -0.440. The van der Waals surface area contributed by atoms with Gasteiger partial charge in [0.25, 0.3) is 5.91 Å². The largest absolute Gasteiger partial charge is 0.485 e. The van der Waals surface area contributed by atoms with Crippen LogP contribution in [0.5, 0.6) is 5.75 Å². The molecule has 6 atom stereocenters. The van der Waals surface area contributed by atoms with Crippen LogP contribution in [-0.4, -0.2) is 55.4 Å². The molecule has 1 saturated heterocycles. The molecule has 6 heteroatoms. The number of fused-ring (bicyclic) bond motifs is 2. The Morgan fingerprint density at radius 3 is 2.74 bits per heavy atom. The summed E-state index contributed by atoms with van der Waals surface area (Å²) in [7, 11) is 1.87. The van der Waals surface area contributed by atoms with Crippen molar-refractivity contribution in [3.05, 3.63) is 64.7 Å². The van der Waals surface area contributed by atoms with E-state index in [9.17, 15) is 4.79 Å². The molecule has 4 bridgehead atoms. The molecule has 200 valence electrons. The monoisotopic (exact) mass is 514 g/mol. The highest BCUT2D eigenvalue weighted by Crippen LogP contribution is 2.76. The molecule has 6 nitrogen and oxygen atoms in total. The van der Waals surface area contributed by atoms with Crippen molar-refractivity contribution in [2.75, 3.05) is 26.8 Å². The van der Waals surface area contributed by atoms with Crippen molar-refractivity contribution < 1.29 is 19.0 Å². The van der Waals surface area contributed by atoms with Gasteiger partial charge in [0.2, 0.25) is 0 Å². The molecule has 1 amide bonds. The van der Waals surface area contributed by atoms with Crippen LogP contribution in [0.2, 0.25) is 0 Å². The average molecular weight is 515 g/mol. The van der Waals surface area contributed by atoms with Gasteiger partial charge in [-0.05, 0) is 74.6 Å². The third-order valence-electron chi connectivity index (χ3n) is 11.5. The van der Waals surface area contributed by atoms with Crippen molar-refractivity contribution >= 4 is 5.91 Å². The van der Waals surface area contributed by atoms with Crippen LogP contribution in [0, 0.1) is 17.3 Å². The van der Waals surface area contributed by atoms with Gasteiger partial charge in [0.05, 0.1) is 18.8 Å². The highest BCUT2D eigenvalue weighted by atomic mass is 16.6. The fourth-order valence-electron chi connectivity index (χ4n) is 9.85. The van der Waals surface area contributed by atoms with E-state index in [-0.39, 0.29) is 22.9 Å². The van der Waals surface area contributed by atoms with Gasteiger partial charge in [-0.1, -0.05) is 36.4 Å². The molecule has 2 N–H and O–H groups in total. The number of carbonyl (C=O) groups excluding carboxylic acids is 1. The van der Waals surface area contributed by atoms with Gasteiger partial charge in [0.15, 0.2) is 0 Å². The Hall–Kier alpha value is -2.41. The standard InChI is InChI=1S/C32H38N2O4/c1-36-32-12-11-30(16-23(32)19-37-18-21-5-3-2-4-6-21)25-15-22-9-10-24(28(33)35)27-26(22)31(30,29(32)38-27)13-14-34(25)17-20-7-8-20/h2-6,9-10,20,23,25,29H,7-8,11-19H2,1H3,(H2,33,35)/t23-,25-,29-,30?,31?,32?/m1/s1. The predicted octanol–water partition coefficient (Wildman–Crippen LogP) is 4.23. The first kappa shape index (κ1) is 23.5. The van der Waals surface area contributed by atoms with Crippen molar-refractivity contribution in [1.82, 2.24) is 4.90 Å². The van der Waals surface area contributed by atoms with Crippen molar-refractivity contribution in [3.63, 3.8) is 0 Å². The number of piperidine rings is 1. The number of hydrogen-bond donors (Lipinski definition) is 1. The van der Waals surface area contributed by atoms with Gasteiger partial charge in [-0.15, -0.1) is 0 Å². The lowest BCUT2D eigenvalue weighted by Gasteiger charge is -2.74. The van der Waals surface area contributed by atoms with E-state index in [0.29, 0.717) is 24.8 Å². The number of methoxy groups -OCH3 is 1. The molecule has 38 heavy (non-hydrogen) atoms. The van der Waals surface area contributed by atoms with Crippen LogP contribution in [0.4, 0.5) is 0 Å². The minimum Gasteiger partial charge on any atom is -0.485 e. The molecule has 2 aromatic carbocycles. The summed E-state index contributed by atoms with van der Waals surface area (Å²) in [6.45, 7) is 3.58. The maximum absolute atomic E-state index is 12.6. The number of amides is 1. The van der Waals surface area contributed by atoms with Crippen LogP contribution >= 0.6 is 0 Å². The molecule has 7 aliphatic rings. The highest BCUT2D eigenvalue weighted by Gasteiger charge is 2.80. The second-order valence-electron chi connectivity index (χ2n) is 12.9. The summed E-state index contributed by atoms with van der Waals surface area (Å²) in [6, 6.07) is 15.0. The minimum absolute atomic E-state index is 0.0976. The van der Waals surface area contributed by atoms with Gasteiger partial charge in [0, 0.05) is 42.0 Å². The molecule has 2 heterocycles. The lowest BCUT2D eigenvalue weighted by Crippen LogP contribution is -2.81. The number of rotatable bonds is 8. The lowest BCUT2D eigenvalue weighted by atomic mass is 9.35. The molecule has 0 aromatic heterocycles. The maximum Gasteiger partial charge on any atom is 0.252 e. The van der Waals surface area contributed by atoms with Crippen LogP contribution in [0.25, 0.3) is 0 Å². The first-order chi connectivity index (χ1) is 18.5. The van der Waals surface area contributed by atoms with Crippen LogP contribution < -0.4 is 10.5 Å². The number of nitrogens with zero attached hydrogens (tertiary/aromatic N) is 1. The number of likely N-dealkylation sites (tertiary alicyclic amines) is 1. The smallest absolute Gasteiger partial charge is 0.252 e. The normalized spacial score (nSPS) is 38.1. The molecular weight excluding hydrogens is 476 g/mol. The summed E-state index contributed by atoms with van der Waals surface area (Å²) < 4.78 is 20.0. The number of benzene rings is 2. The van der Waals surface area contributed by atoms with E-state index in [0.717, 1.165) is 50.3 Å². The molecule has 4 saturated carbocycles. The Bertz CT molecular complexity index is 1290. The molecule has 0 radical (unpaired) electrons. The van der Waals surface area contributed by atoms with Gasteiger partial charge in [0.1, 0.15) is 17.5 Å². The lowest BCUT2D eigenvalue weighted by molar-refractivity contribution is -0.283. The Labute approximate surface area is 224 Å². The van der Waals surface area contributed by atoms with E-state index < -0.39 is 11.5 Å². The summed E-state index contributed by atoms with van der Waals surface area (Å²) in [6.07, 6.45) is 7.92. The zero-order valence-electron chi connectivity index (χ0n) is 22.3. The van der Waals surface area contributed by atoms with Crippen LogP contribution in [0.15, 0.2) is 42.5 Å². The van der Waals surface area contributed by atoms with Crippen molar-refractivity contribution in [3.8, 4) is 5.75 Å². The van der Waals surface area contributed by atoms with E-state index in [2.05, 4.69) is 35.2 Å². The molecule has 3 unspecified atom stereocenters. The van der Waals surface area contributed by atoms with Crippen LogP contribution in [0.3, 0.4) is 0 Å². The van der Waals surface area contributed by atoms with Gasteiger partial charge in [-0.25, -0.2) is 0 Å². The van der Waals surface area contributed by atoms with Gasteiger partial charge in [-0.2, -0.15) is 0 Å². The van der Waals surface area contributed by atoms with E-state index in [1.807, 2.05) is 19.2 Å². The second kappa shape index (κ2) is 8.06. The van der Waals surface area contributed by atoms with Gasteiger partial charge in [-0.3, -0.25) is 9.69 Å². The first-order valence-electron chi connectivity index (χ1n) is 14.6. The molecule has 2 aliphatic heterocycles. The van der Waals surface area contributed by atoms with Crippen molar-refractivity contribution in [1.29, 1.82) is 0 Å². The Kier molecular flexibility index (Phi) is 4.98. The third-order valence-corrected chi connectivity index (χ3v) is 11.5. The molecular formula is C32H38N2O4. The summed E-state index contributed by atoms with van der Waals surface area (Å²) >= 11 is 0. The molecule has 5 aliphatic carbocycles. The third kappa shape index (κ3) is 2.87. The van der Waals surface area contributed by atoms with Gasteiger partial charge >= 0.3 is 0 Å². The maximum atomic E-state index is 12.6.